The van der Waals surface area contributed by atoms with Gasteiger partial charge in [-0.1, -0.05) is 0 Å². The van der Waals surface area contributed by atoms with E-state index in [0.717, 1.165) is 6.42 Å². The largest absolute Gasteiger partial charge is 0.473 e. The predicted molar refractivity (Wildman–Crippen MR) is 92.0 cm³/mol. The predicted octanol–water partition coefficient (Wildman–Crippen LogP) is 2.58. The number of halogens is 3. The number of benzene rings is 1. The molecule has 136 valence electrons. The normalized spacial score (nSPS) is 18.0. The fourth-order valence-electron chi connectivity index (χ4n) is 2.49. The maximum atomic E-state index is 13.4. The molecular weight excluding hydrogens is 355 g/mol. The summed E-state index contributed by atoms with van der Waals surface area (Å²) in [6.45, 7) is -0.293. The van der Waals surface area contributed by atoms with Crippen LogP contribution in [0.1, 0.15) is 21.6 Å². The molecular formula is C16H18F3N3O2S. The van der Waals surface area contributed by atoms with E-state index in [1.807, 2.05) is 11.8 Å². The van der Waals surface area contributed by atoms with Crippen LogP contribution in [0.2, 0.25) is 0 Å². The van der Waals surface area contributed by atoms with Crippen LogP contribution in [0.25, 0.3) is 0 Å². The molecule has 1 atom stereocenters. The van der Waals surface area contributed by atoms with Crippen LogP contribution in [0.5, 0.6) is 5.88 Å². The first-order valence-corrected chi connectivity index (χ1v) is 7.29. The number of ether oxygens (including phenoxy) is 1. The Morgan fingerprint density at radius 2 is 1.96 bits per heavy atom. The summed E-state index contributed by atoms with van der Waals surface area (Å²) >= 11 is 0. The molecule has 3 rings (SSSR count). The van der Waals surface area contributed by atoms with E-state index in [2.05, 4.69) is 4.98 Å². The molecule has 1 aromatic carbocycles. The third-order valence-electron chi connectivity index (χ3n) is 4.02. The van der Waals surface area contributed by atoms with Crippen molar-refractivity contribution in [1.82, 2.24) is 9.55 Å². The molecule has 0 saturated carbocycles. The Morgan fingerprint density at radius 1 is 1.32 bits per heavy atom. The Labute approximate surface area is 152 Å². The smallest absolute Gasteiger partial charge is 0.352 e. The third kappa shape index (κ3) is 3.76. The van der Waals surface area contributed by atoms with E-state index in [1.54, 1.807) is 7.05 Å². The van der Waals surface area contributed by atoms with Crippen LogP contribution in [0.4, 0.5) is 19.0 Å². The monoisotopic (exact) mass is 375 g/mol. The Morgan fingerprint density at radius 3 is 2.60 bits per heavy atom. The number of anilines is 1. The second-order valence-electron chi connectivity index (χ2n) is 5.59. The van der Waals surface area contributed by atoms with Gasteiger partial charge in [0.25, 0.3) is 0 Å². The molecule has 0 unspecified atom stereocenters. The van der Waals surface area contributed by atoms with E-state index >= 15 is 0 Å². The van der Waals surface area contributed by atoms with E-state index in [0.29, 0.717) is 24.5 Å². The molecule has 0 spiro atoms. The maximum Gasteiger partial charge on any atom is 0.352 e. The van der Waals surface area contributed by atoms with Crippen LogP contribution in [-0.2, 0) is 13.1 Å². The van der Waals surface area contributed by atoms with Gasteiger partial charge in [0.15, 0.2) is 17.5 Å². The highest BCUT2D eigenvalue weighted by Gasteiger charge is 2.22. The molecule has 5 nitrogen and oxygen atoms in total. The molecule has 9 heteroatoms. The molecule has 1 aromatic heterocycles. The lowest BCUT2D eigenvalue weighted by Gasteiger charge is -2.34. The highest BCUT2D eigenvalue weighted by Crippen LogP contribution is 2.24. The lowest BCUT2D eigenvalue weighted by Crippen LogP contribution is -2.41. The van der Waals surface area contributed by atoms with Gasteiger partial charge in [0.2, 0.25) is 5.88 Å². The molecule has 1 aliphatic heterocycles. The quantitative estimate of drug-likeness (QED) is 0.774. The molecule has 0 aliphatic carbocycles. The SMILES string of the molecule is S.[2H]C([2H])(Oc1cc2n(c(=O)n1)CC[C@H](C)N2C)c1cc(F)c(F)c(F)c1. The summed E-state index contributed by atoms with van der Waals surface area (Å²) in [6, 6.07) is 2.53. The number of hydrogen-bond acceptors (Lipinski definition) is 4. The molecule has 1 aliphatic rings. The molecule has 0 radical (unpaired) electrons. The standard InChI is InChI=1S/C16H16F3N3O2.H2S/c1-9-3-4-22-14(21(9)2)7-13(20-16(22)23)24-8-10-5-11(17)15(19)12(18)6-10;/h5-7,9H,3-4,8H2,1-2H3;1H2/t9-;/m0./s1/i8D2;. The van der Waals surface area contributed by atoms with Gasteiger partial charge >= 0.3 is 5.69 Å². The van der Waals surface area contributed by atoms with Crippen molar-refractivity contribution in [2.45, 2.75) is 32.5 Å². The number of fused-ring (bicyclic) bond motifs is 1. The number of nitrogens with zero attached hydrogens (tertiary/aromatic N) is 3. The minimum absolute atomic E-state index is 0. The van der Waals surface area contributed by atoms with Crippen LogP contribution >= 0.6 is 13.5 Å². The molecule has 0 N–H and O–H groups in total. The van der Waals surface area contributed by atoms with Crippen molar-refractivity contribution < 1.29 is 20.6 Å². The van der Waals surface area contributed by atoms with Gasteiger partial charge in [-0.25, -0.2) is 18.0 Å². The number of aromatic nitrogens is 2. The minimum atomic E-state index is -2.73. The fraction of sp³-hybridized carbons (Fsp3) is 0.375. The highest BCUT2D eigenvalue weighted by molar-refractivity contribution is 7.59. The molecule has 0 fully saturated rings. The molecule has 0 saturated heterocycles. The first-order valence-electron chi connectivity index (χ1n) is 8.29. The average Bonchev–Trinajstić information content (AvgIpc) is 2.55. The fourth-order valence-corrected chi connectivity index (χ4v) is 2.49. The number of rotatable bonds is 3. The van der Waals surface area contributed by atoms with Gasteiger partial charge in [0.1, 0.15) is 12.4 Å². The van der Waals surface area contributed by atoms with E-state index in [1.165, 1.54) is 10.6 Å². The summed E-state index contributed by atoms with van der Waals surface area (Å²) in [5.41, 5.74) is -1.20. The van der Waals surface area contributed by atoms with Gasteiger partial charge in [-0.2, -0.15) is 18.5 Å². The summed E-state index contributed by atoms with van der Waals surface area (Å²) in [4.78, 5) is 17.7. The number of hydrogen-bond donors (Lipinski definition) is 0. The molecule has 0 amide bonds. The maximum absolute atomic E-state index is 13.4. The van der Waals surface area contributed by atoms with Crippen molar-refractivity contribution in [1.29, 1.82) is 0 Å². The summed E-state index contributed by atoms with van der Waals surface area (Å²) < 4.78 is 62.1. The zero-order chi connectivity index (χ0) is 19.2. The van der Waals surface area contributed by atoms with Crippen LogP contribution in [-0.4, -0.2) is 22.6 Å². The van der Waals surface area contributed by atoms with Gasteiger partial charge < -0.3 is 9.64 Å². The Hall–Kier alpha value is -2.16. The van der Waals surface area contributed by atoms with Crippen molar-refractivity contribution in [3.05, 3.63) is 51.7 Å². The van der Waals surface area contributed by atoms with Crippen molar-refractivity contribution in [2.75, 3.05) is 11.9 Å². The van der Waals surface area contributed by atoms with E-state index in [4.69, 9.17) is 7.48 Å². The zero-order valence-electron chi connectivity index (χ0n) is 15.5. The van der Waals surface area contributed by atoms with E-state index in [-0.39, 0.29) is 25.4 Å². The van der Waals surface area contributed by atoms with Crippen LogP contribution < -0.4 is 15.3 Å². The van der Waals surface area contributed by atoms with Crippen molar-refractivity contribution in [3.63, 3.8) is 0 Å². The molecule has 0 bridgehead atoms. The van der Waals surface area contributed by atoms with E-state index in [9.17, 15) is 18.0 Å². The van der Waals surface area contributed by atoms with E-state index < -0.39 is 35.3 Å². The van der Waals surface area contributed by atoms with Gasteiger partial charge in [-0.05, 0) is 31.0 Å². The molecule has 2 heterocycles. The second-order valence-corrected chi connectivity index (χ2v) is 5.59. The summed E-state index contributed by atoms with van der Waals surface area (Å²) in [5, 5.41) is 0. The lowest BCUT2D eigenvalue weighted by atomic mass is 10.1. The minimum Gasteiger partial charge on any atom is -0.473 e. The van der Waals surface area contributed by atoms with Crippen molar-refractivity contribution >= 4 is 19.3 Å². The van der Waals surface area contributed by atoms with Crippen LogP contribution in [0.15, 0.2) is 23.0 Å². The van der Waals surface area contributed by atoms with Gasteiger partial charge in [0.05, 0.1) is 2.74 Å². The molecule has 25 heavy (non-hydrogen) atoms. The van der Waals surface area contributed by atoms with Gasteiger partial charge in [-0.3, -0.25) is 4.57 Å². The van der Waals surface area contributed by atoms with Gasteiger partial charge in [-0.15, -0.1) is 0 Å². The zero-order valence-corrected chi connectivity index (χ0v) is 14.5. The highest BCUT2D eigenvalue weighted by atomic mass is 32.1. The van der Waals surface area contributed by atoms with Crippen molar-refractivity contribution in [3.8, 4) is 5.88 Å². The Bertz CT molecular complexity index is 903. The summed E-state index contributed by atoms with van der Waals surface area (Å²) in [5.74, 6) is -4.63. The first-order chi connectivity index (χ1) is 12.1. The molecule has 2 aromatic rings. The average molecular weight is 375 g/mol. The van der Waals surface area contributed by atoms with Crippen LogP contribution in [0, 0.1) is 17.5 Å². The topological polar surface area (TPSA) is 47.4 Å². The summed E-state index contributed by atoms with van der Waals surface area (Å²) in [6.07, 6.45) is 0.750. The first kappa shape index (κ1) is 16.3. The van der Waals surface area contributed by atoms with Crippen LogP contribution in [0.3, 0.4) is 0 Å². The second kappa shape index (κ2) is 7.38. The Balaban J connectivity index is 0.00000261. The summed E-state index contributed by atoms with van der Waals surface area (Å²) in [7, 11) is 1.78. The lowest BCUT2D eigenvalue weighted by molar-refractivity contribution is 0.287. The Kier molecular flexibility index (Phi) is 4.82. The van der Waals surface area contributed by atoms with Gasteiger partial charge in [0, 0.05) is 25.7 Å². The van der Waals surface area contributed by atoms with Crippen molar-refractivity contribution in [2.24, 2.45) is 0 Å². The third-order valence-corrected chi connectivity index (χ3v) is 4.02.